The molecule has 0 heterocycles. The summed E-state index contributed by atoms with van der Waals surface area (Å²) in [6.45, 7) is 3.51. The molecule has 0 N–H and O–H groups in total. The van der Waals surface area contributed by atoms with Crippen molar-refractivity contribution in [3.63, 3.8) is 0 Å². The highest BCUT2D eigenvalue weighted by Gasteiger charge is 2.07. The fourth-order valence-electron chi connectivity index (χ4n) is 2.82. The van der Waals surface area contributed by atoms with Crippen LogP contribution in [0.1, 0.15) is 52.9 Å². The van der Waals surface area contributed by atoms with Crippen molar-refractivity contribution in [2.45, 2.75) is 59.5 Å². The Kier molecular flexibility index (Phi) is 10.5. The minimum absolute atomic E-state index is 0.0556. The van der Waals surface area contributed by atoms with E-state index >= 15 is 0 Å². The third kappa shape index (κ3) is 7.94. The van der Waals surface area contributed by atoms with Gasteiger partial charge in [0.2, 0.25) is 0 Å². The summed E-state index contributed by atoms with van der Waals surface area (Å²) in [7, 11) is 0. The highest BCUT2D eigenvalue weighted by Crippen LogP contribution is 2.25. The van der Waals surface area contributed by atoms with Crippen LogP contribution < -0.4 is 4.74 Å². The van der Waals surface area contributed by atoms with Gasteiger partial charge in [0, 0.05) is 5.56 Å². The van der Waals surface area contributed by atoms with Crippen molar-refractivity contribution >= 4 is 0 Å². The zero-order valence-electron chi connectivity index (χ0n) is 15.9. The molecule has 1 saturated carbocycles. The summed E-state index contributed by atoms with van der Waals surface area (Å²) in [5.41, 5.74) is 1.04. The first kappa shape index (κ1) is 22.1. The van der Waals surface area contributed by atoms with E-state index in [-0.39, 0.29) is 11.6 Å². The third-order valence-electron chi connectivity index (χ3n) is 4.16. The lowest BCUT2D eigenvalue weighted by atomic mass is 9.91. The Morgan fingerprint density at radius 2 is 1.46 bits per heavy atom. The molecule has 1 nitrogen and oxygen atoms in total. The maximum atomic E-state index is 13.4. The highest BCUT2D eigenvalue weighted by atomic mass is 19.3. The Labute approximate surface area is 155 Å². The van der Waals surface area contributed by atoms with Gasteiger partial charge in [-0.2, -0.15) is 8.78 Å². The monoisotopic (exact) mass is 366 g/mol. The van der Waals surface area contributed by atoms with E-state index < -0.39 is 6.61 Å². The highest BCUT2D eigenvalue weighted by molar-refractivity contribution is 5.64. The van der Waals surface area contributed by atoms with Crippen LogP contribution in [0.15, 0.2) is 48.5 Å². The molecule has 0 aliphatic heterocycles. The van der Waals surface area contributed by atoms with Crippen LogP contribution in [0.25, 0.3) is 11.1 Å². The predicted octanol–water partition coefficient (Wildman–Crippen LogP) is 7.71. The minimum Gasteiger partial charge on any atom is -0.435 e. The van der Waals surface area contributed by atoms with Crippen LogP contribution in [-0.4, -0.2) is 6.61 Å². The molecule has 144 valence electrons. The molecule has 26 heavy (non-hydrogen) atoms. The van der Waals surface area contributed by atoms with Gasteiger partial charge in [-0.3, -0.25) is 0 Å². The molecular formula is C22H29F3O. The summed E-state index contributed by atoms with van der Waals surface area (Å²) < 4.78 is 41.5. The second-order valence-corrected chi connectivity index (χ2v) is 6.13. The molecule has 1 fully saturated rings. The van der Waals surface area contributed by atoms with Gasteiger partial charge in [-0.1, -0.05) is 83.2 Å². The number of halogens is 3. The van der Waals surface area contributed by atoms with Crippen LogP contribution in [0.3, 0.4) is 0 Å². The zero-order valence-corrected chi connectivity index (χ0v) is 15.9. The van der Waals surface area contributed by atoms with Crippen LogP contribution in [-0.2, 0) is 0 Å². The van der Waals surface area contributed by atoms with E-state index in [1.807, 2.05) is 13.8 Å². The number of alkyl halides is 2. The van der Waals surface area contributed by atoms with E-state index in [1.54, 1.807) is 18.2 Å². The first-order valence-electron chi connectivity index (χ1n) is 9.36. The molecule has 0 spiro atoms. The number of benzene rings is 2. The van der Waals surface area contributed by atoms with E-state index in [0.717, 1.165) is 5.92 Å². The van der Waals surface area contributed by atoms with Crippen LogP contribution in [0, 0.1) is 11.7 Å². The predicted molar refractivity (Wildman–Crippen MR) is 102 cm³/mol. The van der Waals surface area contributed by atoms with Crippen molar-refractivity contribution in [1.82, 2.24) is 0 Å². The van der Waals surface area contributed by atoms with Gasteiger partial charge >= 0.3 is 6.61 Å². The Bertz CT molecular complexity index is 605. The first-order chi connectivity index (χ1) is 12.6. The van der Waals surface area contributed by atoms with Crippen molar-refractivity contribution in [3.05, 3.63) is 54.3 Å². The van der Waals surface area contributed by atoms with Gasteiger partial charge < -0.3 is 4.74 Å². The second kappa shape index (κ2) is 12.4. The lowest BCUT2D eigenvalue weighted by Gasteiger charge is -2.15. The minimum atomic E-state index is -2.85. The Hall–Kier alpha value is -1.97. The van der Waals surface area contributed by atoms with Gasteiger partial charge in [0.15, 0.2) is 0 Å². The van der Waals surface area contributed by atoms with E-state index in [1.165, 1.54) is 62.4 Å². The van der Waals surface area contributed by atoms with Gasteiger partial charge in [0.1, 0.15) is 11.6 Å². The average molecular weight is 366 g/mol. The Morgan fingerprint density at radius 1 is 0.885 bits per heavy atom. The summed E-state index contributed by atoms with van der Waals surface area (Å²) in [5, 5.41) is 0. The summed E-state index contributed by atoms with van der Waals surface area (Å²) in [6.07, 6.45) is 7.44. The number of rotatable bonds is 3. The van der Waals surface area contributed by atoms with Gasteiger partial charge in [0.25, 0.3) is 0 Å². The number of ether oxygens (including phenoxy) is 1. The van der Waals surface area contributed by atoms with Crippen LogP contribution in [0.2, 0.25) is 0 Å². The summed E-state index contributed by atoms with van der Waals surface area (Å²) in [5.74, 6) is 0.740. The zero-order chi connectivity index (χ0) is 19.4. The fraction of sp³-hybridized carbons (Fsp3) is 0.455. The smallest absolute Gasteiger partial charge is 0.387 e. The first-order valence-corrected chi connectivity index (χ1v) is 9.36. The fourth-order valence-corrected chi connectivity index (χ4v) is 2.82. The van der Waals surface area contributed by atoms with Gasteiger partial charge in [-0.15, -0.1) is 0 Å². The molecule has 4 heteroatoms. The van der Waals surface area contributed by atoms with Crippen LogP contribution in [0.4, 0.5) is 13.2 Å². The quantitative estimate of drug-likeness (QED) is 0.540. The third-order valence-corrected chi connectivity index (χ3v) is 4.16. The van der Waals surface area contributed by atoms with Crippen molar-refractivity contribution in [3.8, 4) is 16.9 Å². The molecule has 0 unspecified atom stereocenters. The average Bonchev–Trinajstić information content (AvgIpc) is 2.65. The molecule has 0 aromatic heterocycles. The Morgan fingerprint density at radius 3 is 1.92 bits per heavy atom. The molecule has 2 aromatic carbocycles. The van der Waals surface area contributed by atoms with E-state index in [2.05, 4.69) is 11.7 Å². The molecule has 2 aromatic rings. The maximum absolute atomic E-state index is 13.4. The van der Waals surface area contributed by atoms with Gasteiger partial charge in [-0.05, 0) is 29.7 Å². The molecule has 1 aliphatic carbocycles. The molecule has 0 saturated heterocycles. The SMILES string of the molecule is CC.CC1CCCCC1.Fc1ccccc1-c1ccc(OC(F)F)cc1. The van der Waals surface area contributed by atoms with Crippen molar-refractivity contribution < 1.29 is 17.9 Å². The maximum Gasteiger partial charge on any atom is 0.387 e. The molecular weight excluding hydrogens is 337 g/mol. The van der Waals surface area contributed by atoms with Crippen LogP contribution >= 0.6 is 0 Å². The van der Waals surface area contributed by atoms with Crippen LogP contribution in [0.5, 0.6) is 5.75 Å². The summed E-state index contributed by atoms with van der Waals surface area (Å²) >= 11 is 0. The van der Waals surface area contributed by atoms with Crippen molar-refractivity contribution in [1.29, 1.82) is 0 Å². The molecule has 0 radical (unpaired) electrons. The molecule has 0 bridgehead atoms. The van der Waals surface area contributed by atoms with Gasteiger partial charge in [0.05, 0.1) is 0 Å². The van der Waals surface area contributed by atoms with E-state index in [9.17, 15) is 13.2 Å². The van der Waals surface area contributed by atoms with Gasteiger partial charge in [-0.25, -0.2) is 4.39 Å². The molecule has 1 aliphatic rings. The Balaban J connectivity index is 0.000000313. The summed E-state index contributed by atoms with van der Waals surface area (Å²) in [6, 6.07) is 12.1. The lowest BCUT2D eigenvalue weighted by molar-refractivity contribution is -0.0498. The number of hydrogen-bond acceptors (Lipinski definition) is 1. The molecule has 3 rings (SSSR count). The molecule has 0 amide bonds. The topological polar surface area (TPSA) is 9.23 Å². The number of hydrogen-bond donors (Lipinski definition) is 0. The lowest BCUT2D eigenvalue weighted by Crippen LogP contribution is -2.01. The van der Waals surface area contributed by atoms with Crippen molar-refractivity contribution in [2.75, 3.05) is 0 Å². The van der Waals surface area contributed by atoms with Crippen molar-refractivity contribution in [2.24, 2.45) is 5.92 Å². The largest absolute Gasteiger partial charge is 0.435 e. The summed E-state index contributed by atoms with van der Waals surface area (Å²) in [4.78, 5) is 0. The second-order valence-electron chi connectivity index (χ2n) is 6.13. The van der Waals surface area contributed by atoms with E-state index in [0.29, 0.717) is 11.1 Å². The standard InChI is InChI=1S/C13H9F3O.C7H14.C2H6/c14-12-4-2-1-3-11(12)9-5-7-10(8-6-9)17-13(15)16;1-7-5-3-2-4-6-7;1-2/h1-8,13H;7H,2-6H2,1H3;1-2H3. The normalized spacial score (nSPS) is 14.0. The van der Waals surface area contributed by atoms with E-state index in [4.69, 9.17) is 0 Å². The molecule has 0 atom stereocenters.